The Bertz CT molecular complexity index is 341. The van der Waals surface area contributed by atoms with E-state index >= 15 is 0 Å². The lowest BCUT2D eigenvalue weighted by Gasteiger charge is -2.47. The number of nitrogens with one attached hydrogen (secondary N) is 1. The van der Waals surface area contributed by atoms with Crippen molar-refractivity contribution in [1.82, 2.24) is 5.32 Å². The molecule has 0 radical (unpaired) electrons. The number of rotatable bonds is 1. The Morgan fingerprint density at radius 2 is 2.00 bits per heavy atom. The molecule has 14 heavy (non-hydrogen) atoms. The molecule has 1 unspecified atom stereocenters. The Kier molecular flexibility index (Phi) is 2.14. The summed E-state index contributed by atoms with van der Waals surface area (Å²) in [6.45, 7) is 1.21. The van der Waals surface area contributed by atoms with Gasteiger partial charge in [-0.15, -0.1) is 0 Å². The van der Waals surface area contributed by atoms with Crippen molar-refractivity contribution < 1.29 is 0 Å². The molecule has 1 N–H and O–H groups in total. The average Bonchev–Trinajstić information content (AvgIpc) is 2.17. The van der Waals surface area contributed by atoms with Crippen LogP contribution in [0.1, 0.15) is 24.4 Å². The van der Waals surface area contributed by atoms with Crippen LogP contribution >= 0.6 is 15.9 Å². The second-order valence-electron chi connectivity index (χ2n) is 4.50. The maximum atomic E-state index is 3.65. The van der Waals surface area contributed by atoms with Crippen molar-refractivity contribution in [3.8, 4) is 0 Å². The highest BCUT2D eigenvalue weighted by Gasteiger charge is 2.40. The van der Waals surface area contributed by atoms with E-state index in [4.69, 9.17) is 0 Å². The van der Waals surface area contributed by atoms with Gasteiger partial charge in [-0.1, -0.05) is 34.1 Å². The number of hydrogen-bond acceptors (Lipinski definition) is 1. The SMILES string of the molecule is Brc1ccccc1C1NCC2CC1C2. The summed E-state index contributed by atoms with van der Waals surface area (Å²) < 4.78 is 1.25. The minimum Gasteiger partial charge on any atom is -0.309 e. The maximum absolute atomic E-state index is 3.65. The Labute approximate surface area is 93.0 Å². The predicted molar refractivity (Wildman–Crippen MR) is 61.1 cm³/mol. The third-order valence-corrected chi connectivity index (χ3v) is 4.33. The Balaban J connectivity index is 1.90. The lowest BCUT2D eigenvalue weighted by Crippen LogP contribution is -2.48. The molecular weight excluding hydrogens is 238 g/mol. The van der Waals surface area contributed by atoms with Gasteiger partial charge in [-0.25, -0.2) is 0 Å². The molecule has 1 aromatic rings. The highest BCUT2D eigenvalue weighted by atomic mass is 79.9. The van der Waals surface area contributed by atoms with E-state index in [1.807, 2.05) is 0 Å². The summed E-state index contributed by atoms with van der Waals surface area (Å²) in [6.07, 6.45) is 2.86. The van der Waals surface area contributed by atoms with Crippen LogP contribution in [0.4, 0.5) is 0 Å². The van der Waals surface area contributed by atoms with Crippen LogP contribution in [0.25, 0.3) is 0 Å². The van der Waals surface area contributed by atoms with Gasteiger partial charge in [-0.05, 0) is 42.9 Å². The molecule has 2 heteroatoms. The van der Waals surface area contributed by atoms with Gasteiger partial charge >= 0.3 is 0 Å². The first-order chi connectivity index (χ1) is 6.84. The van der Waals surface area contributed by atoms with Crippen LogP contribution in [0.5, 0.6) is 0 Å². The number of benzene rings is 1. The van der Waals surface area contributed by atoms with Crippen molar-refractivity contribution in [1.29, 1.82) is 0 Å². The molecule has 0 spiro atoms. The molecule has 4 rings (SSSR count). The summed E-state index contributed by atoms with van der Waals surface area (Å²) in [5.74, 6) is 1.85. The smallest absolute Gasteiger partial charge is 0.0360 e. The molecule has 2 bridgehead atoms. The second kappa shape index (κ2) is 3.35. The maximum Gasteiger partial charge on any atom is 0.0360 e. The zero-order chi connectivity index (χ0) is 9.54. The van der Waals surface area contributed by atoms with E-state index in [1.54, 1.807) is 0 Å². The van der Waals surface area contributed by atoms with Gasteiger partial charge in [-0.3, -0.25) is 0 Å². The molecule has 1 aliphatic carbocycles. The van der Waals surface area contributed by atoms with E-state index in [2.05, 4.69) is 45.5 Å². The molecule has 0 aromatic heterocycles. The van der Waals surface area contributed by atoms with E-state index < -0.39 is 0 Å². The summed E-state index contributed by atoms with van der Waals surface area (Å²) in [7, 11) is 0. The molecule has 3 aliphatic rings. The average molecular weight is 252 g/mol. The van der Waals surface area contributed by atoms with Gasteiger partial charge in [0, 0.05) is 10.5 Å². The van der Waals surface area contributed by atoms with Crippen molar-refractivity contribution >= 4 is 15.9 Å². The van der Waals surface area contributed by atoms with Crippen LogP contribution in [0, 0.1) is 11.8 Å². The largest absolute Gasteiger partial charge is 0.309 e. The molecule has 1 saturated carbocycles. The summed E-state index contributed by atoms with van der Waals surface area (Å²) >= 11 is 3.64. The summed E-state index contributed by atoms with van der Waals surface area (Å²) in [6, 6.07) is 9.19. The van der Waals surface area contributed by atoms with Gasteiger partial charge in [0.25, 0.3) is 0 Å². The first kappa shape index (κ1) is 8.93. The standard InChI is InChI=1S/C12H14BrN/c13-11-4-2-1-3-10(11)12-9-5-8(6-9)7-14-12/h1-4,8-9,12,14H,5-7H2. The molecule has 1 atom stereocenters. The predicted octanol–water partition coefficient (Wildman–Crippen LogP) is 3.12. The highest BCUT2D eigenvalue weighted by Crippen LogP contribution is 2.46. The topological polar surface area (TPSA) is 12.0 Å². The monoisotopic (exact) mass is 251 g/mol. The van der Waals surface area contributed by atoms with Crippen molar-refractivity contribution in [3.63, 3.8) is 0 Å². The number of halogens is 1. The first-order valence-electron chi connectivity index (χ1n) is 5.32. The van der Waals surface area contributed by atoms with E-state index in [-0.39, 0.29) is 0 Å². The van der Waals surface area contributed by atoms with Gasteiger partial charge < -0.3 is 5.32 Å². The highest BCUT2D eigenvalue weighted by molar-refractivity contribution is 9.10. The van der Waals surface area contributed by atoms with E-state index in [0.29, 0.717) is 6.04 Å². The van der Waals surface area contributed by atoms with Crippen LogP contribution in [0.2, 0.25) is 0 Å². The first-order valence-corrected chi connectivity index (χ1v) is 6.11. The van der Waals surface area contributed by atoms with Gasteiger partial charge in [0.1, 0.15) is 0 Å². The van der Waals surface area contributed by atoms with Gasteiger partial charge in [0.2, 0.25) is 0 Å². The van der Waals surface area contributed by atoms with Crippen molar-refractivity contribution in [2.24, 2.45) is 11.8 Å². The van der Waals surface area contributed by atoms with E-state index in [1.165, 1.54) is 29.4 Å². The molecule has 3 fully saturated rings. The fourth-order valence-electron chi connectivity index (χ4n) is 2.78. The van der Waals surface area contributed by atoms with Crippen molar-refractivity contribution in [2.75, 3.05) is 6.54 Å². The van der Waals surface area contributed by atoms with Crippen LogP contribution in [-0.4, -0.2) is 6.54 Å². The van der Waals surface area contributed by atoms with Crippen molar-refractivity contribution in [3.05, 3.63) is 34.3 Å². The third-order valence-electron chi connectivity index (χ3n) is 3.61. The fourth-order valence-corrected chi connectivity index (χ4v) is 3.31. The van der Waals surface area contributed by atoms with Gasteiger partial charge in [0.15, 0.2) is 0 Å². The zero-order valence-corrected chi connectivity index (χ0v) is 9.63. The summed E-state index contributed by atoms with van der Waals surface area (Å²) in [5, 5.41) is 3.65. The van der Waals surface area contributed by atoms with Crippen LogP contribution < -0.4 is 5.32 Å². The Hall–Kier alpha value is -0.340. The minimum absolute atomic E-state index is 0.593. The van der Waals surface area contributed by atoms with Crippen LogP contribution in [0.3, 0.4) is 0 Å². The quantitative estimate of drug-likeness (QED) is 0.809. The van der Waals surface area contributed by atoms with Crippen LogP contribution in [-0.2, 0) is 0 Å². The second-order valence-corrected chi connectivity index (χ2v) is 5.36. The minimum atomic E-state index is 0.593. The third kappa shape index (κ3) is 1.32. The van der Waals surface area contributed by atoms with Gasteiger partial charge in [0.05, 0.1) is 0 Å². The summed E-state index contributed by atoms with van der Waals surface area (Å²) in [4.78, 5) is 0. The molecule has 2 saturated heterocycles. The Morgan fingerprint density at radius 3 is 2.64 bits per heavy atom. The van der Waals surface area contributed by atoms with Crippen molar-refractivity contribution in [2.45, 2.75) is 18.9 Å². The molecule has 2 heterocycles. The number of fused-ring (bicyclic) bond motifs is 2. The van der Waals surface area contributed by atoms with E-state index in [9.17, 15) is 0 Å². The molecular formula is C12H14BrN. The number of hydrogen-bond donors (Lipinski definition) is 1. The normalized spacial score (nSPS) is 35.1. The molecule has 1 nitrogen and oxygen atoms in total. The molecule has 1 aromatic carbocycles. The van der Waals surface area contributed by atoms with Gasteiger partial charge in [-0.2, -0.15) is 0 Å². The molecule has 2 aliphatic heterocycles. The summed E-state index contributed by atoms with van der Waals surface area (Å²) in [5.41, 5.74) is 1.44. The molecule has 0 amide bonds. The van der Waals surface area contributed by atoms with E-state index in [0.717, 1.165) is 11.8 Å². The molecule has 74 valence electrons. The lowest BCUT2D eigenvalue weighted by molar-refractivity contribution is 0.0828. The Morgan fingerprint density at radius 1 is 1.21 bits per heavy atom. The zero-order valence-electron chi connectivity index (χ0n) is 8.04. The van der Waals surface area contributed by atoms with Crippen LogP contribution in [0.15, 0.2) is 28.7 Å². The number of piperidine rings is 2. The lowest BCUT2D eigenvalue weighted by atomic mass is 9.66. The fraction of sp³-hybridized carbons (Fsp3) is 0.500.